The van der Waals surface area contributed by atoms with E-state index in [1.54, 1.807) is 5.57 Å². The van der Waals surface area contributed by atoms with Crippen molar-refractivity contribution in [1.82, 2.24) is 14.7 Å². The first-order valence-corrected chi connectivity index (χ1v) is 7.23. The van der Waals surface area contributed by atoms with Crippen molar-refractivity contribution >= 4 is 5.65 Å². The lowest BCUT2D eigenvalue weighted by atomic mass is 9.97. The molecule has 0 aromatic carbocycles. The molecule has 0 atom stereocenters. The molecule has 1 aliphatic carbocycles. The van der Waals surface area contributed by atoms with Crippen LogP contribution < -0.4 is 5.32 Å². The molecule has 2 heterocycles. The maximum Gasteiger partial charge on any atom is 0.137 e. The fourth-order valence-corrected chi connectivity index (χ4v) is 2.67. The Morgan fingerprint density at radius 1 is 1.26 bits per heavy atom. The van der Waals surface area contributed by atoms with Crippen LogP contribution in [0.1, 0.15) is 37.8 Å². The topological polar surface area (TPSA) is 29.3 Å². The van der Waals surface area contributed by atoms with E-state index in [1.165, 1.54) is 32.1 Å². The highest BCUT2D eigenvalue weighted by atomic mass is 15.0. The van der Waals surface area contributed by atoms with Crippen LogP contribution in [-0.4, -0.2) is 15.9 Å². The largest absolute Gasteiger partial charge is 0.311 e. The molecule has 0 spiro atoms. The molecule has 2 aromatic heterocycles. The van der Waals surface area contributed by atoms with Crippen molar-refractivity contribution in [2.75, 3.05) is 6.54 Å². The van der Waals surface area contributed by atoms with Crippen LogP contribution in [0.25, 0.3) is 5.65 Å². The number of nitrogens with one attached hydrogen (secondary N) is 1. The van der Waals surface area contributed by atoms with Gasteiger partial charge in [0.15, 0.2) is 0 Å². The Labute approximate surface area is 114 Å². The van der Waals surface area contributed by atoms with Crippen LogP contribution in [0.15, 0.2) is 42.2 Å². The summed E-state index contributed by atoms with van der Waals surface area (Å²) in [6.07, 6.45) is 13.1. The van der Waals surface area contributed by atoms with Crippen LogP contribution in [-0.2, 0) is 6.54 Å². The molecule has 3 nitrogen and oxygen atoms in total. The molecule has 2 aromatic rings. The molecule has 1 N–H and O–H groups in total. The van der Waals surface area contributed by atoms with Crippen LogP contribution in [0, 0.1) is 0 Å². The van der Waals surface area contributed by atoms with E-state index in [0.717, 1.165) is 24.4 Å². The Balaban J connectivity index is 1.48. The Kier molecular flexibility index (Phi) is 3.94. The Hall–Kier alpha value is -1.61. The SMILES string of the molecule is C1=C(CCNCc2cn3ccccc3n2)CCCC1. The van der Waals surface area contributed by atoms with E-state index in [4.69, 9.17) is 0 Å². The molecule has 0 radical (unpaired) electrons. The molecule has 3 heteroatoms. The van der Waals surface area contributed by atoms with Gasteiger partial charge in [-0.3, -0.25) is 0 Å². The van der Waals surface area contributed by atoms with Gasteiger partial charge in [0.2, 0.25) is 0 Å². The second-order valence-corrected chi connectivity index (χ2v) is 5.23. The summed E-state index contributed by atoms with van der Waals surface area (Å²) in [5.74, 6) is 0. The van der Waals surface area contributed by atoms with Gasteiger partial charge < -0.3 is 9.72 Å². The molecular weight excluding hydrogens is 234 g/mol. The lowest BCUT2D eigenvalue weighted by molar-refractivity contribution is 0.629. The van der Waals surface area contributed by atoms with E-state index < -0.39 is 0 Å². The van der Waals surface area contributed by atoms with Crippen LogP contribution >= 0.6 is 0 Å². The van der Waals surface area contributed by atoms with Crippen LogP contribution in [0.5, 0.6) is 0 Å². The predicted molar refractivity (Wildman–Crippen MR) is 78.1 cm³/mol. The Morgan fingerprint density at radius 3 is 3.11 bits per heavy atom. The third-order valence-electron chi connectivity index (χ3n) is 3.73. The van der Waals surface area contributed by atoms with E-state index in [2.05, 4.69) is 27.0 Å². The van der Waals surface area contributed by atoms with E-state index in [9.17, 15) is 0 Å². The molecule has 0 saturated heterocycles. The van der Waals surface area contributed by atoms with Gasteiger partial charge in [0.05, 0.1) is 5.69 Å². The van der Waals surface area contributed by atoms with Gasteiger partial charge in [-0.1, -0.05) is 17.7 Å². The number of allylic oxidation sites excluding steroid dienone is 1. The van der Waals surface area contributed by atoms with Crippen molar-refractivity contribution in [3.63, 3.8) is 0 Å². The Morgan fingerprint density at radius 2 is 2.26 bits per heavy atom. The number of imidazole rings is 1. The molecule has 0 fully saturated rings. The van der Waals surface area contributed by atoms with Gasteiger partial charge in [-0.05, 0) is 50.8 Å². The first-order chi connectivity index (χ1) is 9.42. The molecule has 0 aliphatic heterocycles. The summed E-state index contributed by atoms with van der Waals surface area (Å²) in [6.45, 7) is 1.91. The van der Waals surface area contributed by atoms with Crippen molar-refractivity contribution in [2.24, 2.45) is 0 Å². The van der Waals surface area contributed by atoms with Crippen molar-refractivity contribution in [3.8, 4) is 0 Å². The smallest absolute Gasteiger partial charge is 0.137 e. The van der Waals surface area contributed by atoms with Crippen molar-refractivity contribution in [2.45, 2.75) is 38.6 Å². The predicted octanol–water partition coefficient (Wildman–Crippen LogP) is 3.31. The molecule has 1 aliphatic rings. The minimum atomic E-state index is 0.856. The van der Waals surface area contributed by atoms with Crippen molar-refractivity contribution in [3.05, 3.63) is 47.9 Å². The highest BCUT2D eigenvalue weighted by Crippen LogP contribution is 2.19. The minimum Gasteiger partial charge on any atom is -0.311 e. The number of hydrogen-bond acceptors (Lipinski definition) is 2. The fraction of sp³-hybridized carbons (Fsp3) is 0.438. The normalized spacial score (nSPS) is 15.7. The maximum atomic E-state index is 4.58. The molecule has 100 valence electrons. The monoisotopic (exact) mass is 255 g/mol. The quantitative estimate of drug-likeness (QED) is 0.656. The second-order valence-electron chi connectivity index (χ2n) is 5.23. The summed E-state index contributed by atoms with van der Waals surface area (Å²) in [5.41, 5.74) is 3.77. The van der Waals surface area contributed by atoms with Crippen molar-refractivity contribution < 1.29 is 0 Å². The van der Waals surface area contributed by atoms with Gasteiger partial charge in [-0.25, -0.2) is 4.98 Å². The average molecular weight is 255 g/mol. The highest BCUT2D eigenvalue weighted by Gasteiger charge is 2.04. The van der Waals surface area contributed by atoms with Crippen LogP contribution in [0.4, 0.5) is 0 Å². The fourth-order valence-electron chi connectivity index (χ4n) is 2.67. The number of nitrogens with zero attached hydrogens (tertiary/aromatic N) is 2. The van der Waals surface area contributed by atoms with Gasteiger partial charge in [0, 0.05) is 18.9 Å². The van der Waals surface area contributed by atoms with E-state index in [-0.39, 0.29) is 0 Å². The van der Waals surface area contributed by atoms with E-state index in [0.29, 0.717) is 0 Å². The van der Waals surface area contributed by atoms with E-state index >= 15 is 0 Å². The highest BCUT2D eigenvalue weighted by molar-refractivity contribution is 5.39. The van der Waals surface area contributed by atoms with Gasteiger partial charge in [-0.15, -0.1) is 0 Å². The van der Waals surface area contributed by atoms with Crippen LogP contribution in [0.3, 0.4) is 0 Å². The van der Waals surface area contributed by atoms with E-state index in [1.807, 2.05) is 24.4 Å². The molecule has 0 unspecified atom stereocenters. The first kappa shape index (κ1) is 12.4. The van der Waals surface area contributed by atoms with Gasteiger partial charge in [0.1, 0.15) is 5.65 Å². The lowest BCUT2D eigenvalue weighted by Gasteiger charge is -2.12. The summed E-state index contributed by atoms with van der Waals surface area (Å²) in [6, 6.07) is 6.09. The lowest BCUT2D eigenvalue weighted by Crippen LogP contribution is -2.15. The third-order valence-corrected chi connectivity index (χ3v) is 3.73. The molecular formula is C16H21N3. The maximum absolute atomic E-state index is 4.58. The molecule has 0 saturated carbocycles. The zero-order valence-electron chi connectivity index (χ0n) is 11.3. The number of fused-ring (bicyclic) bond motifs is 1. The summed E-state index contributed by atoms with van der Waals surface area (Å²) < 4.78 is 2.07. The van der Waals surface area contributed by atoms with Crippen molar-refractivity contribution in [1.29, 1.82) is 0 Å². The number of rotatable bonds is 5. The molecule has 3 rings (SSSR count). The Bertz CT molecular complexity index is 535. The zero-order chi connectivity index (χ0) is 12.9. The third kappa shape index (κ3) is 3.24. The molecule has 19 heavy (non-hydrogen) atoms. The summed E-state index contributed by atoms with van der Waals surface area (Å²) in [5, 5.41) is 3.49. The summed E-state index contributed by atoms with van der Waals surface area (Å²) in [7, 11) is 0. The summed E-state index contributed by atoms with van der Waals surface area (Å²) >= 11 is 0. The number of hydrogen-bond donors (Lipinski definition) is 1. The second kappa shape index (κ2) is 6.02. The van der Waals surface area contributed by atoms with Gasteiger partial charge >= 0.3 is 0 Å². The van der Waals surface area contributed by atoms with Crippen LogP contribution in [0.2, 0.25) is 0 Å². The zero-order valence-corrected chi connectivity index (χ0v) is 11.3. The summed E-state index contributed by atoms with van der Waals surface area (Å²) in [4.78, 5) is 4.58. The number of aromatic nitrogens is 2. The molecule has 0 bridgehead atoms. The standard InChI is InChI=1S/C16H21N3/c1-2-6-14(7-3-1)9-10-17-12-15-13-19-11-5-4-8-16(19)18-15/h4-6,8,11,13,17H,1-3,7,9-10,12H2. The molecule has 0 amide bonds. The minimum absolute atomic E-state index is 0.856. The first-order valence-electron chi connectivity index (χ1n) is 7.23. The average Bonchev–Trinajstić information content (AvgIpc) is 2.87. The number of pyridine rings is 1. The van der Waals surface area contributed by atoms with Gasteiger partial charge in [0.25, 0.3) is 0 Å². The van der Waals surface area contributed by atoms with Gasteiger partial charge in [-0.2, -0.15) is 0 Å².